The molecule has 1 aliphatic rings. The van der Waals surface area contributed by atoms with Crippen LogP contribution in [0.25, 0.3) is 0 Å². The molecule has 0 aromatic heterocycles. The summed E-state index contributed by atoms with van der Waals surface area (Å²) in [5.41, 5.74) is 2.70. The standard InChI is InChI=1S/C20H32BO2/c1-17(2,3)14-11-15(20(8)9-10-20)13-16(12-14)21-23-19(6,7)18(4,5)22/h11-13,22H,9-10H2,1-8H3. The highest BCUT2D eigenvalue weighted by molar-refractivity contribution is 6.47. The summed E-state index contributed by atoms with van der Waals surface area (Å²) in [6.45, 7) is 16.5. The van der Waals surface area contributed by atoms with Crippen molar-refractivity contribution in [2.45, 2.75) is 90.3 Å². The molecule has 1 radical (unpaired) electrons. The molecule has 1 aliphatic carbocycles. The Balaban J connectivity index is 2.28. The quantitative estimate of drug-likeness (QED) is 0.837. The van der Waals surface area contributed by atoms with Crippen LogP contribution in [0.2, 0.25) is 0 Å². The second-order valence-electron chi connectivity index (χ2n) is 9.46. The Morgan fingerprint density at radius 2 is 1.57 bits per heavy atom. The first-order valence-electron chi connectivity index (χ1n) is 8.64. The van der Waals surface area contributed by atoms with E-state index in [0.29, 0.717) is 5.41 Å². The van der Waals surface area contributed by atoms with Crippen molar-refractivity contribution in [3.05, 3.63) is 29.3 Å². The van der Waals surface area contributed by atoms with Crippen LogP contribution in [0.15, 0.2) is 18.2 Å². The third-order valence-corrected chi connectivity index (χ3v) is 5.48. The topological polar surface area (TPSA) is 29.5 Å². The summed E-state index contributed by atoms with van der Waals surface area (Å²) >= 11 is 0. The summed E-state index contributed by atoms with van der Waals surface area (Å²) in [6, 6.07) is 6.80. The lowest BCUT2D eigenvalue weighted by molar-refractivity contribution is -0.0893. The number of benzene rings is 1. The highest BCUT2D eigenvalue weighted by atomic mass is 16.5. The smallest absolute Gasteiger partial charge is 0.330 e. The van der Waals surface area contributed by atoms with Gasteiger partial charge < -0.3 is 9.76 Å². The van der Waals surface area contributed by atoms with Gasteiger partial charge in [-0.15, -0.1) is 0 Å². The molecule has 0 heterocycles. The monoisotopic (exact) mass is 315 g/mol. The van der Waals surface area contributed by atoms with Crippen molar-refractivity contribution in [1.29, 1.82) is 0 Å². The van der Waals surface area contributed by atoms with Crippen molar-refractivity contribution in [2.75, 3.05) is 0 Å². The van der Waals surface area contributed by atoms with Gasteiger partial charge in [-0.25, -0.2) is 0 Å². The summed E-state index contributed by atoms with van der Waals surface area (Å²) in [5, 5.41) is 10.3. The van der Waals surface area contributed by atoms with E-state index in [4.69, 9.17) is 4.65 Å². The van der Waals surface area contributed by atoms with E-state index in [9.17, 15) is 5.11 Å². The molecule has 0 bridgehead atoms. The summed E-state index contributed by atoms with van der Waals surface area (Å²) < 4.78 is 5.96. The first kappa shape index (κ1) is 18.5. The molecular weight excluding hydrogens is 283 g/mol. The summed E-state index contributed by atoms with van der Waals surface area (Å²) in [6.07, 6.45) is 2.52. The van der Waals surface area contributed by atoms with E-state index in [1.807, 2.05) is 21.3 Å². The molecule has 3 heteroatoms. The molecule has 2 rings (SSSR count). The van der Waals surface area contributed by atoms with Crippen LogP contribution in [0, 0.1) is 0 Å². The molecule has 127 valence electrons. The molecule has 2 nitrogen and oxygen atoms in total. The van der Waals surface area contributed by atoms with Crippen LogP contribution in [-0.2, 0) is 15.5 Å². The molecule has 0 spiro atoms. The fraction of sp³-hybridized carbons (Fsp3) is 0.700. The van der Waals surface area contributed by atoms with Gasteiger partial charge in [-0.2, -0.15) is 0 Å². The van der Waals surface area contributed by atoms with Crippen molar-refractivity contribution in [3.63, 3.8) is 0 Å². The fourth-order valence-corrected chi connectivity index (χ4v) is 2.34. The predicted molar refractivity (Wildman–Crippen MR) is 98.6 cm³/mol. The van der Waals surface area contributed by atoms with E-state index in [0.717, 1.165) is 5.46 Å². The molecule has 1 saturated carbocycles. The Bertz CT molecular complexity index is 549. The van der Waals surface area contributed by atoms with Crippen LogP contribution in [0.5, 0.6) is 0 Å². The maximum Gasteiger partial charge on any atom is 0.330 e. The van der Waals surface area contributed by atoms with E-state index < -0.39 is 11.2 Å². The molecule has 23 heavy (non-hydrogen) atoms. The fourth-order valence-electron chi connectivity index (χ4n) is 2.34. The van der Waals surface area contributed by atoms with Gasteiger partial charge in [0.25, 0.3) is 0 Å². The Morgan fingerprint density at radius 3 is 2.00 bits per heavy atom. The van der Waals surface area contributed by atoms with Gasteiger partial charge in [-0.05, 0) is 62.5 Å². The zero-order valence-electron chi connectivity index (χ0n) is 16.1. The largest absolute Gasteiger partial charge is 0.427 e. The Labute approximate surface area is 142 Å². The molecule has 0 aliphatic heterocycles. The molecule has 0 atom stereocenters. The van der Waals surface area contributed by atoms with Gasteiger partial charge in [0.2, 0.25) is 0 Å². The average Bonchev–Trinajstić information content (AvgIpc) is 3.13. The zero-order valence-corrected chi connectivity index (χ0v) is 16.1. The number of hydrogen-bond donors (Lipinski definition) is 1. The Kier molecular flexibility index (Phi) is 4.54. The SMILES string of the molecule is CC(C)(C)c1cc([B]OC(C)(C)C(C)(C)O)cc(C2(C)CC2)c1. The van der Waals surface area contributed by atoms with Crippen molar-refractivity contribution in [1.82, 2.24) is 0 Å². The normalized spacial score (nSPS) is 18.0. The van der Waals surface area contributed by atoms with Gasteiger partial charge in [-0.1, -0.05) is 51.4 Å². The minimum absolute atomic E-state index is 0.107. The van der Waals surface area contributed by atoms with E-state index >= 15 is 0 Å². The van der Waals surface area contributed by atoms with E-state index in [1.165, 1.54) is 24.0 Å². The first-order valence-corrected chi connectivity index (χ1v) is 8.64. The van der Waals surface area contributed by atoms with Gasteiger partial charge in [0.05, 0.1) is 11.2 Å². The molecular formula is C20H32BO2. The molecule has 1 aromatic rings. The molecule has 0 saturated heterocycles. The molecule has 0 amide bonds. The molecule has 1 N–H and O–H groups in total. The Hall–Kier alpha value is -0.795. The van der Waals surface area contributed by atoms with Crippen molar-refractivity contribution in [3.8, 4) is 0 Å². The highest BCUT2D eigenvalue weighted by Crippen LogP contribution is 2.47. The maximum atomic E-state index is 10.3. The lowest BCUT2D eigenvalue weighted by atomic mass is 9.76. The van der Waals surface area contributed by atoms with Crippen molar-refractivity contribution >= 4 is 12.9 Å². The van der Waals surface area contributed by atoms with E-state index in [-0.39, 0.29) is 5.41 Å². The van der Waals surface area contributed by atoms with Crippen LogP contribution in [0.4, 0.5) is 0 Å². The zero-order chi connectivity index (χ0) is 17.7. The van der Waals surface area contributed by atoms with Crippen LogP contribution in [0.1, 0.15) is 79.4 Å². The highest BCUT2D eigenvalue weighted by Gasteiger charge is 2.40. The van der Waals surface area contributed by atoms with Crippen LogP contribution >= 0.6 is 0 Å². The maximum absolute atomic E-state index is 10.3. The molecule has 1 aromatic carbocycles. The third kappa shape index (κ3) is 4.19. The van der Waals surface area contributed by atoms with Gasteiger partial charge in [0, 0.05) is 0 Å². The van der Waals surface area contributed by atoms with Crippen LogP contribution in [-0.4, -0.2) is 23.8 Å². The average molecular weight is 315 g/mol. The van der Waals surface area contributed by atoms with Gasteiger partial charge in [0.1, 0.15) is 0 Å². The Morgan fingerprint density at radius 1 is 1.00 bits per heavy atom. The summed E-state index contributed by atoms with van der Waals surface area (Å²) in [5.74, 6) is 0. The number of hydrogen-bond acceptors (Lipinski definition) is 2. The van der Waals surface area contributed by atoms with Gasteiger partial charge in [-0.3, -0.25) is 0 Å². The van der Waals surface area contributed by atoms with E-state index in [2.05, 4.69) is 45.9 Å². The van der Waals surface area contributed by atoms with Crippen molar-refractivity contribution in [2.24, 2.45) is 0 Å². The van der Waals surface area contributed by atoms with E-state index in [1.54, 1.807) is 13.8 Å². The summed E-state index contributed by atoms with van der Waals surface area (Å²) in [7, 11) is 1.81. The molecule has 0 unspecified atom stereocenters. The van der Waals surface area contributed by atoms with Gasteiger partial charge >= 0.3 is 7.48 Å². The third-order valence-electron chi connectivity index (χ3n) is 5.48. The molecule has 1 fully saturated rings. The van der Waals surface area contributed by atoms with Crippen molar-refractivity contribution < 1.29 is 9.76 Å². The minimum Gasteiger partial charge on any atom is -0.427 e. The number of aliphatic hydroxyl groups is 1. The lowest BCUT2D eigenvalue weighted by Gasteiger charge is -2.37. The minimum atomic E-state index is -0.906. The predicted octanol–water partition coefficient (Wildman–Crippen LogP) is 3.85. The van der Waals surface area contributed by atoms with Gasteiger partial charge in [0.15, 0.2) is 0 Å². The second-order valence-corrected chi connectivity index (χ2v) is 9.46. The van der Waals surface area contributed by atoms with Crippen LogP contribution < -0.4 is 5.46 Å². The van der Waals surface area contributed by atoms with Crippen LogP contribution in [0.3, 0.4) is 0 Å². The first-order chi connectivity index (χ1) is 10.2. The number of rotatable bonds is 5. The lowest BCUT2D eigenvalue weighted by Crippen LogP contribution is -2.49. The summed E-state index contributed by atoms with van der Waals surface area (Å²) in [4.78, 5) is 0. The second kappa shape index (κ2) is 5.63.